The minimum Gasteiger partial charge on any atom is -0.496 e. The molecule has 0 saturated heterocycles. The topological polar surface area (TPSA) is 67.1 Å². The standard InChI is InChI=1S/C24H25N3O3/c1-17-21(11-13-30-17)24(28)26-25-15-18-9-10-23(29-2)20(14-18)16-27-12-5-7-19-6-3-4-8-22(19)27/h3-4,6,8-11,13-15H,5,7,12,16H2,1-2H3,(H,26,28)/b25-15+. The Bertz CT molecular complexity index is 1070. The quantitative estimate of drug-likeness (QED) is 0.492. The molecule has 0 spiro atoms. The van der Waals surface area contributed by atoms with Crippen molar-refractivity contribution >= 4 is 17.8 Å². The van der Waals surface area contributed by atoms with E-state index in [1.54, 1.807) is 26.3 Å². The Morgan fingerprint density at radius 1 is 1.27 bits per heavy atom. The van der Waals surface area contributed by atoms with Gasteiger partial charge in [0.2, 0.25) is 0 Å². The van der Waals surface area contributed by atoms with E-state index >= 15 is 0 Å². The van der Waals surface area contributed by atoms with Crippen molar-refractivity contribution in [2.45, 2.75) is 26.3 Å². The summed E-state index contributed by atoms with van der Waals surface area (Å²) in [5, 5.41) is 4.10. The first kappa shape index (κ1) is 19.8. The predicted molar refractivity (Wildman–Crippen MR) is 117 cm³/mol. The highest BCUT2D eigenvalue weighted by atomic mass is 16.5. The average molecular weight is 403 g/mol. The number of aryl methyl sites for hydroxylation is 2. The molecule has 0 saturated carbocycles. The number of hydrazone groups is 1. The molecule has 0 fully saturated rings. The van der Waals surface area contributed by atoms with Crippen LogP contribution in [0.25, 0.3) is 0 Å². The van der Waals surface area contributed by atoms with Crippen LogP contribution in [0.1, 0.15) is 39.2 Å². The second kappa shape index (κ2) is 8.86. The van der Waals surface area contributed by atoms with E-state index in [1.807, 2.05) is 12.1 Å². The van der Waals surface area contributed by atoms with Gasteiger partial charge in [0.1, 0.15) is 11.5 Å². The van der Waals surface area contributed by atoms with Gasteiger partial charge < -0.3 is 14.1 Å². The van der Waals surface area contributed by atoms with Gasteiger partial charge in [-0.25, -0.2) is 5.43 Å². The maximum atomic E-state index is 12.2. The van der Waals surface area contributed by atoms with Crippen LogP contribution in [0.3, 0.4) is 0 Å². The molecule has 1 N–H and O–H groups in total. The number of nitrogens with zero attached hydrogens (tertiary/aromatic N) is 2. The van der Waals surface area contributed by atoms with E-state index < -0.39 is 0 Å². The molecule has 154 valence electrons. The molecule has 2 heterocycles. The Kier molecular flexibility index (Phi) is 5.84. The number of hydrogen-bond donors (Lipinski definition) is 1. The first-order valence-electron chi connectivity index (χ1n) is 10.0. The lowest BCUT2D eigenvalue weighted by Crippen LogP contribution is -2.29. The van der Waals surface area contributed by atoms with Crippen molar-refractivity contribution in [3.05, 3.63) is 82.8 Å². The van der Waals surface area contributed by atoms with Crippen LogP contribution < -0.4 is 15.1 Å². The van der Waals surface area contributed by atoms with Gasteiger partial charge in [0.15, 0.2) is 0 Å². The molecule has 1 aliphatic heterocycles. The summed E-state index contributed by atoms with van der Waals surface area (Å²) in [6, 6.07) is 16.1. The number of amides is 1. The van der Waals surface area contributed by atoms with Gasteiger partial charge in [-0.3, -0.25) is 4.79 Å². The molecule has 0 bridgehead atoms. The molecule has 6 heteroatoms. The van der Waals surface area contributed by atoms with Crippen molar-refractivity contribution in [1.29, 1.82) is 0 Å². The Morgan fingerprint density at radius 2 is 2.13 bits per heavy atom. The minimum atomic E-state index is -0.295. The van der Waals surface area contributed by atoms with E-state index in [0.717, 1.165) is 42.8 Å². The number of methoxy groups -OCH3 is 1. The SMILES string of the molecule is COc1ccc(/C=N/NC(=O)c2ccoc2C)cc1CN1CCCc2ccccc21. The number of ether oxygens (including phenoxy) is 1. The monoisotopic (exact) mass is 403 g/mol. The van der Waals surface area contributed by atoms with Crippen LogP contribution in [-0.4, -0.2) is 25.8 Å². The summed E-state index contributed by atoms with van der Waals surface area (Å²) in [4.78, 5) is 14.5. The Labute approximate surface area is 176 Å². The number of para-hydroxylation sites is 1. The van der Waals surface area contributed by atoms with Crippen molar-refractivity contribution in [2.24, 2.45) is 5.10 Å². The minimum absolute atomic E-state index is 0.295. The third-order valence-electron chi connectivity index (χ3n) is 5.36. The summed E-state index contributed by atoms with van der Waals surface area (Å²) in [5.74, 6) is 1.11. The zero-order valence-corrected chi connectivity index (χ0v) is 17.2. The number of benzene rings is 2. The summed E-state index contributed by atoms with van der Waals surface area (Å²) in [6.45, 7) is 3.51. The fourth-order valence-corrected chi connectivity index (χ4v) is 3.83. The highest BCUT2D eigenvalue weighted by Gasteiger charge is 2.18. The van der Waals surface area contributed by atoms with Crippen LogP contribution in [0.4, 0.5) is 5.69 Å². The van der Waals surface area contributed by atoms with Gasteiger partial charge in [0, 0.05) is 24.3 Å². The van der Waals surface area contributed by atoms with Gasteiger partial charge in [-0.2, -0.15) is 5.10 Å². The number of furan rings is 1. The van der Waals surface area contributed by atoms with Crippen LogP contribution in [0.2, 0.25) is 0 Å². The van der Waals surface area contributed by atoms with Crippen molar-refractivity contribution in [2.75, 3.05) is 18.6 Å². The largest absolute Gasteiger partial charge is 0.496 e. The van der Waals surface area contributed by atoms with Gasteiger partial charge in [-0.05, 0) is 61.2 Å². The fourth-order valence-electron chi connectivity index (χ4n) is 3.83. The highest BCUT2D eigenvalue weighted by molar-refractivity contribution is 5.95. The van der Waals surface area contributed by atoms with Gasteiger partial charge in [-0.1, -0.05) is 18.2 Å². The number of rotatable bonds is 6. The molecule has 3 aromatic rings. The maximum Gasteiger partial charge on any atom is 0.274 e. The number of nitrogens with one attached hydrogen (secondary N) is 1. The van der Waals surface area contributed by atoms with Gasteiger partial charge in [-0.15, -0.1) is 0 Å². The number of hydrogen-bond acceptors (Lipinski definition) is 5. The summed E-state index contributed by atoms with van der Waals surface area (Å²) in [7, 11) is 1.68. The normalized spacial score (nSPS) is 13.3. The Balaban J connectivity index is 1.50. The molecule has 0 atom stereocenters. The lowest BCUT2D eigenvalue weighted by molar-refractivity contribution is 0.0953. The van der Waals surface area contributed by atoms with Gasteiger partial charge in [0.05, 0.1) is 25.2 Å². The number of anilines is 1. The lowest BCUT2D eigenvalue weighted by atomic mass is 10.0. The van der Waals surface area contributed by atoms with Crippen molar-refractivity contribution in [1.82, 2.24) is 5.43 Å². The molecule has 0 unspecified atom stereocenters. The summed E-state index contributed by atoms with van der Waals surface area (Å²) in [6.07, 6.45) is 5.38. The van der Waals surface area contributed by atoms with E-state index in [4.69, 9.17) is 9.15 Å². The molecule has 1 aliphatic rings. The van der Waals surface area contributed by atoms with E-state index in [9.17, 15) is 4.79 Å². The van der Waals surface area contributed by atoms with E-state index in [1.165, 1.54) is 17.5 Å². The second-order valence-corrected chi connectivity index (χ2v) is 7.31. The molecular formula is C24H25N3O3. The summed E-state index contributed by atoms with van der Waals surface area (Å²) < 4.78 is 10.7. The maximum absolute atomic E-state index is 12.2. The van der Waals surface area contributed by atoms with Crippen molar-refractivity contribution in [3.63, 3.8) is 0 Å². The molecule has 1 aromatic heterocycles. The van der Waals surface area contributed by atoms with Crippen molar-refractivity contribution < 1.29 is 13.9 Å². The predicted octanol–water partition coefficient (Wildman–Crippen LogP) is 4.31. The molecule has 2 aromatic carbocycles. The van der Waals surface area contributed by atoms with Crippen LogP contribution in [0.15, 0.2) is 64.3 Å². The van der Waals surface area contributed by atoms with Crippen LogP contribution in [-0.2, 0) is 13.0 Å². The Hall–Kier alpha value is -3.54. The fraction of sp³-hybridized carbons (Fsp3) is 0.250. The molecule has 0 aliphatic carbocycles. The number of carbonyl (C=O) groups is 1. The zero-order valence-electron chi connectivity index (χ0n) is 17.2. The molecule has 1 amide bonds. The summed E-state index contributed by atoms with van der Waals surface area (Å²) >= 11 is 0. The zero-order chi connectivity index (χ0) is 20.9. The van der Waals surface area contributed by atoms with E-state index in [-0.39, 0.29) is 5.91 Å². The van der Waals surface area contributed by atoms with Crippen molar-refractivity contribution in [3.8, 4) is 5.75 Å². The van der Waals surface area contributed by atoms with E-state index in [2.05, 4.69) is 45.8 Å². The van der Waals surface area contributed by atoms with Gasteiger partial charge >= 0.3 is 0 Å². The second-order valence-electron chi connectivity index (χ2n) is 7.31. The van der Waals surface area contributed by atoms with Crippen LogP contribution >= 0.6 is 0 Å². The lowest BCUT2D eigenvalue weighted by Gasteiger charge is -2.31. The molecule has 6 nitrogen and oxygen atoms in total. The molecule has 30 heavy (non-hydrogen) atoms. The van der Waals surface area contributed by atoms with Crippen LogP contribution in [0.5, 0.6) is 5.75 Å². The van der Waals surface area contributed by atoms with E-state index in [0.29, 0.717) is 11.3 Å². The third-order valence-corrected chi connectivity index (χ3v) is 5.36. The molecule has 4 rings (SSSR count). The smallest absolute Gasteiger partial charge is 0.274 e. The summed E-state index contributed by atoms with van der Waals surface area (Å²) in [5.41, 5.74) is 7.66. The first-order chi connectivity index (χ1) is 14.7. The average Bonchev–Trinajstić information content (AvgIpc) is 3.20. The first-order valence-corrected chi connectivity index (χ1v) is 10.0. The molecule has 0 radical (unpaired) electrons. The van der Waals surface area contributed by atoms with Crippen LogP contribution in [0, 0.1) is 6.92 Å². The Morgan fingerprint density at radius 3 is 2.93 bits per heavy atom. The molecular weight excluding hydrogens is 378 g/mol. The third kappa shape index (κ3) is 4.22. The highest BCUT2D eigenvalue weighted by Crippen LogP contribution is 2.30. The van der Waals surface area contributed by atoms with Gasteiger partial charge in [0.25, 0.3) is 5.91 Å². The number of carbonyl (C=O) groups excluding carboxylic acids is 1. The number of fused-ring (bicyclic) bond motifs is 1.